The molecule has 3 saturated heterocycles. The summed E-state index contributed by atoms with van der Waals surface area (Å²) >= 11 is 0. The number of anilines is 1. The number of carbonyl (C=O) groups is 1. The maximum Gasteiger partial charge on any atom is 0.310 e. The molecule has 3 heterocycles. The minimum atomic E-state index is -0.198. The van der Waals surface area contributed by atoms with Gasteiger partial charge in [-0.05, 0) is 67.7 Å². The van der Waals surface area contributed by atoms with Crippen LogP contribution in [0.25, 0.3) is 0 Å². The molecule has 168 valence electrons. The third-order valence-corrected chi connectivity index (χ3v) is 9.10. The lowest BCUT2D eigenvalue weighted by atomic mass is 9.53. The Balaban J connectivity index is 1.11. The fourth-order valence-electron chi connectivity index (χ4n) is 7.28. The number of piperazine rings is 1. The van der Waals surface area contributed by atoms with Crippen molar-refractivity contribution in [1.29, 1.82) is 0 Å². The first-order valence-electron chi connectivity index (χ1n) is 12.0. The molecule has 0 radical (unpaired) electrons. The zero-order valence-corrected chi connectivity index (χ0v) is 18.4. The van der Waals surface area contributed by atoms with Crippen LogP contribution in [0.5, 0.6) is 0 Å². The summed E-state index contributed by atoms with van der Waals surface area (Å²) < 4.78 is 25.2. The van der Waals surface area contributed by atoms with Gasteiger partial charge < -0.3 is 14.4 Å². The number of epoxide rings is 1. The molecule has 3 aliphatic heterocycles. The summed E-state index contributed by atoms with van der Waals surface area (Å²) in [5.74, 6) is 0.715. The van der Waals surface area contributed by atoms with Gasteiger partial charge >= 0.3 is 5.97 Å². The van der Waals surface area contributed by atoms with Crippen LogP contribution in [0.3, 0.4) is 0 Å². The van der Waals surface area contributed by atoms with Crippen LogP contribution >= 0.6 is 0 Å². The second-order valence-corrected chi connectivity index (χ2v) is 10.9. The van der Waals surface area contributed by atoms with Gasteiger partial charge in [0, 0.05) is 44.3 Å². The molecular formula is C25H33FN2O3. The molecule has 0 N–H and O–H groups in total. The first-order valence-corrected chi connectivity index (χ1v) is 12.0. The van der Waals surface area contributed by atoms with Gasteiger partial charge in [-0.1, -0.05) is 6.92 Å². The van der Waals surface area contributed by atoms with E-state index >= 15 is 0 Å². The summed E-state index contributed by atoms with van der Waals surface area (Å²) in [6.07, 6.45) is 5.84. The van der Waals surface area contributed by atoms with Gasteiger partial charge in [-0.2, -0.15) is 0 Å². The summed E-state index contributed by atoms with van der Waals surface area (Å²) in [6, 6.07) is 6.75. The average Bonchev–Trinajstić information content (AvgIpc) is 3.46. The largest absolute Gasteiger partial charge is 0.462 e. The Labute approximate surface area is 183 Å². The van der Waals surface area contributed by atoms with E-state index in [1.807, 2.05) is 12.1 Å². The number of rotatable bonds is 3. The van der Waals surface area contributed by atoms with Crippen LogP contribution in [0.4, 0.5) is 10.1 Å². The van der Waals surface area contributed by atoms with Gasteiger partial charge in [-0.3, -0.25) is 9.69 Å². The van der Waals surface area contributed by atoms with Crippen molar-refractivity contribution in [2.24, 2.45) is 23.2 Å². The smallest absolute Gasteiger partial charge is 0.310 e. The third-order valence-electron chi connectivity index (χ3n) is 9.10. The van der Waals surface area contributed by atoms with Crippen molar-refractivity contribution in [3.05, 3.63) is 30.1 Å². The van der Waals surface area contributed by atoms with Gasteiger partial charge in [0.15, 0.2) is 0 Å². The summed E-state index contributed by atoms with van der Waals surface area (Å²) in [7, 11) is 0. The van der Waals surface area contributed by atoms with Crippen molar-refractivity contribution in [3.63, 3.8) is 0 Å². The molecule has 6 heteroatoms. The molecule has 0 unspecified atom stereocenters. The average molecular weight is 429 g/mol. The lowest BCUT2D eigenvalue weighted by molar-refractivity contribution is -0.147. The van der Waals surface area contributed by atoms with Crippen molar-refractivity contribution < 1.29 is 18.7 Å². The minimum absolute atomic E-state index is 0.00959. The number of fused-ring (bicyclic) bond motifs is 3. The lowest BCUT2D eigenvalue weighted by Gasteiger charge is -2.51. The molecule has 6 atom stereocenters. The van der Waals surface area contributed by atoms with E-state index < -0.39 is 0 Å². The summed E-state index contributed by atoms with van der Waals surface area (Å²) in [5, 5.41) is 0. The van der Waals surface area contributed by atoms with Crippen LogP contribution in [0.2, 0.25) is 0 Å². The summed E-state index contributed by atoms with van der Waals surface area (Å²) in [6.45, 7) is 7.77. The fourth-order valence-corrected chi connectivity index (χ4v) is 7.28. The zero-order valence-electron chi connectivity index (χ0n) is 18.4. The SMILES string of the molecule is C[C@]12CCC[C@]3(CO3)[C@H]1C[C@@H]1[C@H](CN3CCN(c4ccc(F)cc4)CC3)C(=O)O[C@@H]1C2. The van der Waals surface area contributed by atoms with Crippen LogP contribution < -0.4 is 4.90 Å². The molecule has 5 aliphatic rings. The van der Waals surface area contributed by atoms with Gasteiger partial charge in [0.1, 0.15) is 11.9 Å². The van der Waals surface area contributed by atoms with E-state index in [1.165, 1.54) is 31.4 Å². The number of nitrogens with zero attached hydrogens (tertiary/aromatic N) is 2. The molecule has 1 aromatic carbocycles. The minimum Gasteiger partial charge on any atom is -0.462 e. The molecule has 2 aliphatic carbocycles. The van der Waals surface area contributed by atoms with Crippen LogP contribution in [0.1, 0.15) is 39.0 Å². The molecular weight excluding hydrogens is 395 g/mol. The standard InChI is InChI=1S/C25H33FN2O3/c1-24-7-2-8-25(16-30-25)22(24)13-19-20(23(29)31-21(19)14-24)15-27-9-11-28(12-10-27)18-5-3-17(26)4-6-18/h3-6,19-22H,2,7-16H2,1H3/t19-,20+,21-,22+,24-,25+/m1/s1. The number of carbonyl (C=O) groups excluding carboxylic acids is 1. The van der Waals surface area contributed by atoms with Crippen LogP contribution in [0, 0.1) is 29.0 Å². The lowest BCUT2D eigenvalue weighted by Crippen LogP contribution is -2.52. The van der Waals surface area contributed by atoms with Crippen molar-refractivity contribution in [3.8, 4) is 0 Å². The highest BCUT2D eigenvalue weighted by Crippen LogP contribution is 2.62. The normalized spacial score (nSPS) is 42.3. The molecule has 1 aromatic rings. The number of ether oxygens (including phenoxy) is 2. The van der Waals surface area contributed by atoms with Gasteiger partial charge in [0.2, 0.25) is 0 Å². The van der Waals surface area contributed by atoms with Crippen molar-refractivity contribution in [2.45, 2.75) is 50.7 Å². The Bertz CT molecular complexity index is 849. The van der Waals surface area contributed by atoms with Crippen LogP contribution in [-0.2, 0) is 14.3 Å². The van der Waals surface area contributed by atoms with E-state index in [4.69, 9.17) is 9.47 Å². The van der Waals surface area contributed by atoms with Gasteiger partial charge in [0.25, 0.3) is 0 Å². The molecule has 0 amide bonds. The van der Waals surface area contributed by atoms with Gasteiger partial charge in [-0.15, -0.1) is 0 Å². The van der Waals surface area contributed by atoms with Crippen molar-refractivity contribution >= 4 is 11.7 Å². The Kier molecular flexibility index (Phi) is 4.62. The second-order valence-electron chi connectivity index (χ2n) is 10.9. The van der Waals surface area contributed by atoms with E-state index in [2.05, 4.69) is 16.7 Å². The third kappa shape index (κ3) is 3.37. The highest BCUT2D eigenvalue weighted by Gasteiger charge is 2.65. The number of halogens is 1. The monoisotopic (exact) mass is 428 g/mol. The Hall–Kier alpha value is -1.66. The first-order chi connectivity index (χ1) is 15.0. The van der Waals surface area contributed by atoms with E-state index in [9.17, 15) is 9.18 Å². The number of hydrogen-bond acceptors (Lipinski definition) is 5. The summed E-state index contributed by atoms with van der Waals surface area (Å²) in [5.41, 5.74) is 1.43. The second kappa shape index (κ2) is 7.17. The number of benzene rings is 1. The quantitative estimate of drug-likeness (QED) is 0.545. The fraction of sp³-hybridized carbons (Fsp3) is 0.720. The molecule has 5 nitrogen and oxygen atoms in total. The predicted molar refractivity (Wildman–Crippen MR) is 115 cm³/mol. The maximum absolute atomic E-state index is 13.2. The molecule has 2 saturated carbocycles. The molecule has 0 bridgehead atoms. The predicted octanol–water partition coefficient (Wildman–Crippen LogP) is 3.47. The molecule has 1 spiro atoms. The highest BCUT2D eigenvalue weighted by atomic mass is 19.1. The number of hydrogen-bond donors (Lipinski definition) is 0. The van der Waals surface area contributed by atoms with Crippen LogP contribution in [-0.4, -0.2) is 61.9 Å². The van der Waals surface area contributed by atoms with E-state index in [0.717, 1.165) is 57.9 Å². The molecule has 0 aromatic heterocycles. The van der Waals surface area contributed by atoms with E-state index in [1.54, 1.807) is 0 Å². The van der Waals surface area contributed by atoms with E-state index in [-0.39, 0.29) is 34.8 Å². The summed E-state index contributed by atoms with van der Waals surface area (Å²) in [4.78, 5) is 17.6. The van der Waals surface area contributed by atoms with Crippen LogP contribution in [0.15, 0.2) is 24.3 Å². The van der Waals surface area contributed by atoms with Crippen molar-refractivity contribution in [1.82, 2.24) is 4.90 Å². The molecule has 31 heavy (non-hydrogen) atoms. The maximum atomic E-state index is 13.2. The Morgan fingerprint density at radius 3 is 2.58 bits per heavy atom. The Morgan fingerprint density at radius 2 is 1.87 bits per heavy atom. The number of esters is 1. The van der Waals surface area contributed by atoms with Gasteiger partial charge in [0.05, 0.1) is 18.1 Å². The topological polar surface area (TPSA) is 45.3 Å². The van der Waals surface area contributed by atoms with Crippen molar-refractivity contribution in [2.75, 3.05) is 44.2 Å². The van der Waals surface area contributed by atoms with Gasteiger partial charge in [-0.25, -0.2) is 4.39 Å². The molecule has 6 rings (SSSR count). The Morgan fingerprint density at radius 1 is 1.13 bits per heavy atom. The first kappa shape index (κ1) is 20.0. The highest BCUT2D eigenvalue weighted by molar-refractivity contribution is 5.75. The van der Waals surface area contributed by atoms with E-state index in [0.29, 0.717) is 11.8 Å². The zero-order chi connectivity index (χ0) is 21.2. The molecule has 5 fully saturated rings.